The van der Waals surface area contributed by atoms with Crippen molar-refractivity contribution >= 4 is 27.8 Å². The third-order valence-electron chi connectivity index (χ3n) is 8.95. The molecule has 3 aromatic rings. The Morgan fingerprint density at radius 2 is 1.15 bits per heavy atom. The van der Waals surface area contributed by atoms with Crippen LogP contribution >= 0.6 is 0 Å². The van der Waals surface area contributed by atoms with Gasteiger partial charge in [-0.15, -0.1) is 0 Å². The maximum Gasteiger partial charge on any atom is 0.183 e. The van der Waals surface area contributed by atoms with Gasteiger partial charge in [0.25, 0.3) is 0 Å². The lowest BCUT2D eigenvalue weighted by molar-refractivity contribution is 0.173. The first kappa shape index (κ1) is 28.4. The van der Waals surface area contributed by atoms with E-state index in [-0.39, 0.29) is 17.3 Å². The van der Waals surface area contributed by atoms with Gasteiger partial charge in [-0.25, -0.2) is 0 Å². The summed E-state index contributed by atoms with van der Waals surface area (Å²) >= 11 is 0. The molecule has 0 radical (unpaired) electrons. The van der Waals surface area contributed by atoms with Gasteiger partial charge in [0, 0.05) is 30.5 Å². The van der Waals surface area contributed by atoms with Crippen molar-refractivity contribution in [3.05, 3.63) is 119 Å². The van der Waals surface area contributed by atoms with Crippen LogP contribution in [0.4, 0.5) is 0 Å². The molecule has 1 atom stereocenters. The Hall–Kier alpha value is -2.77. The molecule has 0 fully saturated rings. The van der Waals surface area contributed by atoms with Crippen LogP contribution < -0.4 is 10.4 Å². The Morgan fingerprint density at radius 1 is 0.634 bits per heavy atom. The SMILES string of the molecule is C[Si](C)(C)OCCC(CCO[Si](C)(C)C)(C1=c2ccccc2=C2C=CC=CC21)C1c2ccccc2-c2ccccc21. The fourth-order valence-electron chi connectivity index (χ4n) is 7.43. The molecule has 0 saturated carbocycles. The first-order valence-electron chi connectivity index (χ1n) is 15.2. The Morgan fingerprint density at radius 3 is 1.71 bits per heavy atom. The highest BCUT2D eigenvalue weighted by molar-refractivity contribution is 6.70. The van der Waals surface area contributed by atoms with E-state index in [1.54, 1.807) is 5.57 Å². The largest absolute Gasteiger partial charge is 0.418 e. The van der Waals surface area contributed by atoms with Crippen LogP contribution in [0.1, 0.15) is 29.9 Å². The van der Waals surface area contributed by atoms with E-state index >= 15 is 0 Å². The highest BCUT2D eigenvalue weighted by Gasteiger charge is 2.50. The smallest absolute Gasteiger partial charge is 0.183 e. The molecular formula is C37H44O2Si2. The number of hydrogen-bond donors (Lipinski definition) is 0. The maximum atomic E-state index is 6.71. The van der Waals surface area contributed by atoms with Crippen molar-refractivity contribution in [2.45, 2.75) is 58.0 Å². The summed E-state index contributed by atoms with van der Waals surface area (Å²) in [6.45, 7) is 15.4. The molecule has 0 amide bonds. The predicted molar refractivity (Wildman–Crippen MR) is 178 cm³/mol. The second kappa shape index (κ2) is 10.8. The third kappa shape index (κ3) is 5.32. The third-order valence-corrected chi connectivity index (χ3v) is 11.1. The Bertz CT molecular complexity index is 1570. The zero-order valence-electron chi connectivity index (χ0n) is 25.5. The van der Waals surface area contributed by atoms with Crippen LogP contribution in [-0.4, -0.2) is 29.8 Å². The summed E-state index contributed by atoms with van der Waals surface area (Å²) in [5.74, 6) is 0.489. The van der Waals surface area contributed by atoms with Crippen molar-refractivity contribution in [2.75, 3.05) is 13.2 Å². The first-order valence-corrected chi connectivity index (χ1v) is 22.1. The first-order chi connectivity index (χ1) is 19.6. The van der Waals surface area contributed by atoms with Crippen LogP contribution in [0.2, 0.25) is 39.3 Å². The normalized spacial score (nSPS) is 18.0. The van der Waals surface area contributed by atoms with E-state index in [1.165, 1.54) is 38.3 Å². The number of allylic oxidation sites excluding steroid dienone is 4. The second-order valence-electron chi connectivity index (χ2n) is 13.8. The molecule has 3 aliphatic rings. The summed E-state index contributed by atoms with van der Waals surface area (Å²) in [7, 11) is -3.42. The summed E-state index contributed by atoms with van der Waals surface area (Å²) in [5.41, 5.74) is 8.46. The van der Waals surface area contributed by atoms with Gasteiger partial charge in [-0.2, -0.15) is 0 Å². The van der Waals surface area contributed by atoms with Gasteiger partial charge in [0.1, 0.15) is 0 Å². The molecule has 0 heterocycles. The lowest BCUT2D eigenvalue weighted by Gasteiger charge is -2.45. The van der Waals surface area contributed by atoms with Crippen molar-refractivity contribution in [3.8, 4) is 11.1 Å². The van der Waals surface area contributed by atoms with E-state index in [4.69, 9.17) is 8.85 Å². The van der Waals surface area contributed by atoms with E-state index in [9.17, 15) is 0 Å². The quantitative estimate of drug-likeness (QED) is 0.228. The Kier molecular flexibility index (Phi) is 7.48. The number of rotatable bonds is 10. The van der Waals surface area contributed by atoms with E-state index in [1.807, 2.05) is 0 Å². The van der Waals surface area contributed by atoms with Gasteiger partial charge >= 0.3 is 0 Å². The summed E-state index contributed by atoms with van der Waals surface area (Å²) in [6, 6.07) is 27.4. The van der Waals surface area contributed by atoms with E-state index in [0.29, 0.717) is 0 Å². The number of benzene rings is 3. The highest BCUT2D eigenvalue weighted by atomic mass is 28.4. The molecule has 0 aromatic heterocycles. The minimum atomic E-state index is -1.71. The predicted octanol–water partition coefficient (Wildman–Crippen LogP) is 8.03. The van der Waals surface area contributed by atoms with Gasteiger partial charge in [-0.3, -0.25) is 0 Å². The van der Waals surface area contributed by atoms with Crippen molar-refractivity contribution < 1.29 is 8.85 Å². The van der Waals surface area contributed by atoms with Crippen molar-refractivity contribution in [1.29, 1.82) is 0 Å². The Labute approximate surface area is 248 Å². The molecule has 0 spiro atoms. The fraction of sp³-hybridized carbons (Fsp3) is 0.351. The molecule has 2 nitrogen and oxygen atoms in total. The number of hydrogen-bond acceptors (Lipinski definition) is 2. The summed E-state index contributed by atoms with van der Waals surface area (Å²) < 4.78 is 13.4. The molecule has 0 aliphatic heterocycles. The molecule has 3 aromatic carbocycles. The highest BCUT2D eigenvalue weighted by Crippen LogP contribution is 2.61. The molecule has 3 aliphatic carbocycles. The Balaban J connectivity index is 1.64. The topological polar surface area (TPSA) is 18.5 Å². The van der Waals surface area contributed by atoms with Crippen LogP contribution in [0.5, 0.6) is 0 Å². The van der Waals surface area contributed by atoms with Gasteiger partial charge in [-0.1, -0.05) is 97.1 Å². The second-order valence-corrected chi connectivity index (χ2v) is 22.8. The van der Waals surface area contributed by atoms with Crippen LogP contribution in [0.3, 0.4) is 0 Å². The van der Waals surface area contributed by atoms with Crippen molar-refractivity contribution in [1.82, 2.24) is 0 Å². The minimum Gasteiger partial charge on any atom is -0.418 e. The molecule has 41 heavy (non-hydrogen) atoms. The van der Waals surface area contributed by atoms with E-state index in [2.05, 4.69) is 136 Å². The summed E-state index contributed by atoms with van der Waals surface area (Å²) in [6.07, 6.45) is 11.2. The van der Waals surface area contributed by atoms with E-state index in [0.717, 1.165) is 26.1 Å². The summed E-state index contributed by atoms with van der Waals surface area (Å²) in [4.78, 5) is 0. The molecule has 0 bridgehead atoms. The average Bonchev–Trinajstić information content (AvgIpc) is 3.45. The van der Waals surface area contributed by atoms with Crippen LogP contribution in [0, 0.1) is 11.3 Å². The standard InChI is InChI=1S/C37H44O2Si2/c1-40(2,3)38-25-23-37(24-26-39-41(4,5)6,35-31-19-11-7-15-27(31)28-16-8-12-20-32(28)35)36-33-21-13-9-17-29(33)30-18-10-14-22-34(30)36/h7-22,31,36H,23-26H2,1-6H3. The maximum absolute atomic E-state index is 6.71. The van der Waals surface area contributed by atoms with Gasteiger partial charge in [0.05, 0.1) is 0 Å². The molecule has 1 unspecified atom stereocenters. The molecule has 4 heteroatoms. The fourth-order valence-corrected chi connectivity index (χ4v) is 8.86. The monoisotopic (exact) mass is 576 g/mol. The summed E-state index contributed by atoms with van der Waals surface area (Å²) in [5, 5.41) is 2.79. The molecule has 0 N–H and O–H groups in total. The van der Waals surface area contributed by atoms with Gasteiger partial charge in [0.15, 0.2) is 16.6 Å². The lowest BCUT2D eigenvalue weighted by atomic mass is 9.59. The van der Waals surface area contributed by atoms with Crippen LogP contribution in [-0.2, 0) is 8.85 Å². The van der Waals surface area contributed by atoms with Crippen LogP contribution in [0.15, 0.2) is 97.1 Å². The van der Waals surface area contributed by atoms with Gasteiger partial charge < -0.3 is 8.85 Å². The average molecular weight is 577 g/mol. The minimum absolute atomic E-state index is 0.181. The molecule has 212 valence electrons. The molecular weight excluding hydrogens is 533 g/mol. The molecule has 6 rings (SSSR count). The van der Waals surface area contributed by atoms with E-state index < -0.39 is 16.6 Å². The van der Waals surface area contributed by atoms with Crippen molar-refractivity contribution in [3.63, 3.8) is 0 Å². The lowest BCUT2D eigenvalue weighted by Crippen LogP contribution is -2.41. The zero-order valence-corrected chi connectivity index (χ0v) is 27.5. The van der Waals surface area contributed by atoms with Gasteiger partial charge in [0.2, 0.25) is 0 Å². The molecule has 0 saturated heterocycles. The number of fused-ring (bicyclic) bond motifs is 5. The zero-order chi connectivity index (χ0) is 28.8. The van der Waals surface area contributed by atoms with Crippen LogP contribution in [0.25, 0.3) is 22.3 Å². The van der Waals surface area contributed by atoms with Gasteiger partial charge in [-0.05, 0) is 96.0 Å². The van der Waals surface area contributed by atoms with Crippen molar-refractivity contribution in [2.24, 2.45) is 11.3 Å².